The summed E-state index contributed by atoms with van der Waals surface area (Å²) in [6, 6.07) is 16.5. The molecule has 1 heterocycles. The Morgan fingerprint density at radius 1 is 1.08 bits per heavy atom. The van der Waals surface area contributed by atoms with Crippen LogP contribution in [0.25, 0.3) is 16.3 Å². The van der Waals surface area contributed by atoms with Crippen LogP contribution in [-0.4, -0.2) is 22.8 Å². The van der Waals surface area contributed by atoms with Crippen molar-refractivity contribution in [2.24, 2.45) is 0 Å². The maximum absolute atomic E-state index is 12.2. The van der Waals surface area contributed by atoms with E-state index < -0.39 is 12.1 Å². The highest BCUT2D eigenvalue weighted by molar-refractivity contribution is 7.19. The van der Waals surface area contributed by atoms with Crippen LogP contribution in [0.3, 0.4) is 0 Å². The van der Waals surface area contributed by atoms with Crippen LogP contribution in [0.4, 0.5) is 0 Å². The number of carbonyl (C=O) groups excluding carboxylic acids is 2. The molecular weight excluding hydrogens is 322 g/mol. The van der Waals surface area contributed by atoms with Gasteiger partial charge >= 0.3 is 5.97 Å². The van der Waals surface area contributed by atoms with Crippen molar-refractivity contribution >= 4 is 39.4 Å². The predicted octanol–water partition coefficient (Wildman–Crippen LogP) is 4.12. The molecule has 0 aliphatic heterocycles. The van der Waals surface area contributed by atoms with Gasteiger partial charge in [-0.05, 0) is 25.1 Å². The monoisotopic (exact) mass is 337 g/mol. The molecule has 3 rings (SSSR count). The molecular formula is C19H15NO3S. The first-order chi connectivity index (χ1) is 11.6. The van der Waals surface area contributed by atoms with Crippen molar-refractivity contribution in [1.82, 2.24) is 4.98 Å². The smallest absolute Gasteiger partial charge is 0.331 e. The molecule has 0 N–H and O–H groups in total. The number of hydrogen-bond acceptors (Lipinski definition) is 5. The molecule has 4 nitrogen and oxygen atoms in total. The molecule has 1 aromatic heterocycles. The Morgan fingerprint density at radius 2 is 1.79 bits per heavy atom. The number of para-hydroxylation sites is 1. The molecule has 0 amide bonds. The Morgan fingerprint density at radius 3 is 2.54 bits per heavy atom. The van der Waals surface area contributed by atoms with Gasteiger partial charge in [-0.15, -0.1) is 11.3 Å². The zero-order valence-corrected chi connectivity index (χ0v) is 13.8. The first-order valence-corrected chi connectivity index (χ1v) is 8.28. The van der Waals surface area contributed by atoms with Gasteiger partial charge in [-0.1, -0.05) is 42.5 Å². The predicted molar refractivity (Wildman–Crippen MR) is 95.0 cm³/mol. The minimum absolute atomic E-state index is 0.225. The largest absolute Gasteiger partial charge is 0.451 e. The molecule has 2 aromatic carbocycles. The highest BCUT2D eigenvalue weighted by Gasteiger charge is 2.18. The second-order valence-electron chi connectivity index (χ2n) is 5.16. The quantitative estimate of drug-likeness (QED) is 0.399. The number of Topliss-reactive ketones (excluding diaryl/α,β-unsaturated/α-hetero) is 1. The lowest BCUT2D eigenvalue weighted by molar-refractivity contribution is -0.140. The number of ether oxygens (including phenoxy) is 1. The minimum atomic E-state index is -0.833. The summed E-state index contributed by atoms with van der Waals surface area (Å²) in [5.41, 5.74) is 1.41. The molecule has 0 fully saturated rings. The van der Waals surface area contributed by atoms with E-state index in [1.54, 1.807) is 37.3 Å². The molecule has 24 heavy (non-hydrogen) atoms. The van der Waals surface area contributed by atoms with Gasteiger partial charge in [0.1, 0.15) is 5.01 Å². The fourth-order valence-corrected chi connectivity index (χ4v) is 3.08. The molecule has 0 radical (unpaired) electrons. The zero-order chi connectivity index (χ0) is 16.9. The van der Waals surface area contributed by atoms with Crippen LogP contribution in [0.2, 0.25) is 0 Å². The van der Waals surface area contributed by atoms with E-state index >= 15 is 0 Å². The second-order valence-corrected chi connectivity index (χ2v) is 6.22. The van der Waals surface area contributed by atoms with Crippen LogP contribution in [-0.2, 0) is 9.53 Å². The Hall–Kier alpha value is -2.79. The maximum atomic E-state index is 12.2. The third-order valence-electron chi connectivity index (χ3n) is 3.39. The van der Waals surface area contributed by atoms with E-state index in [1.165, 1.54) is 17.4 Å². The van der Waals surface area contributed by atoms with Crippen LogP contribution in [0.15, 0.2) is 60.7 Å². The topological polar surface area (TPSA) is 56.3 Å². The molecule has 0 aliphatic carbocycles. The number of aromatic nitrogens is 1. The van der Waals surface area contributed by atoms with E-state index in [0.29, 0.717) is 5.56 Å². The van der Waals surface area contributed by atoms with E-state index in [2.05, 4.69) is 4.98 Å². The average Bonchev–Trinajstić information content (AvgIpc) is 3.03. The van der Waals surface area contributed by atoms with E-state index in [0.717, 1.165) is 15.2 Å². The zero-order valence-electron chi connectivity index (χ0n) is 13.0. The van der Waals surface area contributed by atoms with Crippen molar-refractivity contribution in [2.75, 3.05) is 0 Å². The van der Waals surface area contributed by atoms with Gasteiger partial charge in [0.15, 0.2) is 6.10 Å². The SMILES string of the molecule is CC(OC(=O)/C=C/c1nc2ccccc2s1)C(=O)c1ccccc1. The third-order valence-corrected chi connectivity index (χ3v) is 4.39. The highest BCUT2D eigenvalue weighted by Crippen LogP contribution is 2.22. The van der Waals surface area contributed by atoms with Crippen molar-refractivity contribution < 1.29 is 14.3 Å². The lowest BCUT2D eigenvalue weighted by atomic mass is 10.1. The fourth-order valence-electron chi connectivity index (χ4n) is 2.20. The average molecular weight is 337 g/mol. The lowest BCUT2D eigenvalue weighted by Crippen LogP contribution is -2.23. The van der Waals surface area contributed by atoms with Crippen LogP contribution in [0, 0.1) is 0 Å². The summed E-state index contributed by atoms with van der Waals surface area (Å²) in [5, 5.41) is 0.718. The van der Waals surface area contributed by atoms with Crippen molar-refractivity contribution in [3.63, 3.8) is 0 Å². The van der Waals surface area contributed by atoms with Gasteiger partial charge in [0.25, 0.3) is 0 Å². The second kappa shape index (κ2) is 7.19. The molecule has 120 valence electrons. The number of ketones is 1. The van der Waals surface area contributed by atoms with Gasteiger partial charge < -0.3 is 4.74 Å². The summed E-state index contributed by atoms with van der Waals surface area (Å²) in [5.74, 6) is -0.789. The summed E-state index contributed by atoms with van der Waals surface area (Å²) < 4.78 is 6.22. The Labute approximate surface area is 143 Å². The first kappa shape index (κ1) is 16.1. The Bertz CT molecular complexity index is 866. The standard InChI is InChI=1S/C19H15NO3S/c1-13(19(22)14-7-3-2-4-8-14)23-18(21)12-11-17-20-15-9-5-6-10-16(15)24-17/h2-13H,1H3/b12-11+. The van der Waals surface area contributed by atoms with Crippen LogP contribution in [0.5, 0.6) is 0 Å². The molecule has 0 aliphatic rings. The van der Waals surface area contributed by atoms with E-state index in [1.807, 2.05) is 30.3 Å². The number of fused-ring (bicyclic) bond motifs is 1. The van der Waals surface area contributed by atoms with E-state index in [9.17, 15) is 9.59 Å². The number of benzene rings is 2. The fraction of sp³-hybridized carbons (Fsp3) is 0.105. The van der Waals surface area contributed by atoms with Crippen molar-refractivity contribution in [2.45, 2.75) is 13.0 Å². The van der Waals surface area contributed by atoms with Crippen molar-refractivity contribution in [1.29, 1.82) is 0 Å². The van der Waals surface area contributed by atoms with Gasteiger partial charge in [0.2, 0.25) is 5.78 Å². The number of rotatable bonds is 5. The number of nitrogens with zero attached hydrogens (tertiary/aromatic N) is 1. The molecule has 0 saturated heterocycles. The van der Waals surface area contributed by atoms with E-state index in [-0.39, 0.29) is 5.78 Å². The van der Waals surface area contributed by atoms with Crippen LogP contribution in [0.1, 0.15) is 22.3 Å². The van der Waals surface area contributed by atoms with Gasteiger partial charge in [-0.2, -0.15) is 0 Å². The Balaban J connectivity index is 1.63. The Kier molecular flexibility index (Phi) is 4.82. The summed E-state index contributed by atoms with van der Waals surface area (Å²) >= 11 is 1.49. The van der Waals surface area contributed by atoms with Crippen molar-refractivity contribution in [3.8, 4) is 0 Å². The highest BCUT2D eigenvalue weighted by atomic mass is 32.1. The molecule has 0 saturated carbocycles. The molecule has 3 aromatic rings. The molecule has 0 bridgehead atoms. The molecule has 5 heteroatoms. The normalized spacial score (nSPS) is 12.4. The van der Waals surface area contributed by atoms with Gasteiger partial charge in [-0.25, -0.2) is 9.78 Å². The lowest BCUT2D eigenvalue weighted by Gasteiger charge is -2.10. The number of esters is 1. The summed E-state index contributed by atoms with van der Waals surface area (Å²) in [4.78, 5) is 28.5. The van der Waals surface area contributed by atoms with Crippen LogP contribution < -0.4 is 0 Å². The van der Waals surface area contributed by atoms with Gasteiger partial charge in [0.05, 0.1) is 10.2 Å². The summed E-state index contributed by atoms with van der Waals surface area (Å²) in [7, 11) is 0. The van der Waals surface area contributed by atoms with Gasteiger partial charge in [0, 0.05) is 11.6 Å². The van der Waals surface area contributed by atoms with E-state index in [4.69, 9.17) is 4.74 Å². The number of hydrogen-bond donors (Lipinski definition) is 0. The first-order valence-electron chi connectivity index (χ1n) is 7.47. The molecule has 1 atom stereocenters. The number of carbonyl (C=O) groups is 2. The number of thiazole rings is 1. The molecule has 1 unspecified atom stereocenters. The minimum Gasteiger partial charge on any atom is -0.451 e. The third kappa shape index (κ3) is 3.75. The van der Waals surface area contributed by atoms with Gasteiger partial charge in [-0.3, -0.25) is 4.79 Å². The summed E-state index contributed by atoms with van der Waals surface area (Å²) in [6.45, 7) is 1.57. The summed E-state index contributed by atoms with van der Waals surface area (Å²) in [6.07, 6.45) is 2.07. The maximum Gasteiger partial charge on any atom is 0.331 e. The van der Waals surface area contributed by atoms with Crippen molar-refractivity contribution in [3.05, 3.63) is 71.2 Å². The molecule has 0 spiro atoms. The van der Waals surface area contributed by atoms with Crippen LogP contribution >= 0.6 is 11.3 Å².